The maximum atomic E-state index is 11.8. The number of carbonyl (C=O) groups is 3. The van der Waals surface area contributed by atoms with Gasteiger partial charge >= 0.3 is 17.8 Å². The van der Waals surface area contributed by atoms with Crippen molar-refractivity contribution < 1.29 is 19.1 Å². The Morgan fingerprint density at radius 2 is 1.72 bits per heavy atom. The second-order valence-corrected chi connectivity index (χ2v) is 5.15. The zero-order valence-electron chi connectivity index (χ0n) is 13.2. The first kappa shape index (κ1) is 18.2. The van der Waals surface area contributed by atoms with E-state index in [4.69, 9.17) is 11.6 Å². The number of nitrogens with zero attached hydrogens (tertiary/aromatic N) is 1. The van der Waals surface area contributed by atoms with Crippen LogP contribution in [0.1, 0.15) is 15.9 Å². The van der Waals surface area contributed by atoms with Crippen LogP contribution < -0.4 is 10.7 Å². The summed E-state index contributed by atoms with van der Waals surface area (Å²) in [6, 6.07) is 12.9. The van der Waals surface area contributed by atoms with Gasteiger partial charge in [0.2, 0.25) is 0 Å². The lowest BCUT2D eigenvalue weighted by molar-refractivity contribution is -0.136. The molecule has 0 aromatic heterocycles. The number of benzene rings is 2. The molecule has 0 saturated heterocycles. The van der Waals surface area contributed by atoms with Crippen LogP contribution in [-0.4, -0.2) is 31.1 Å². The third-order valence-electron chi connectivity index (χ3n) is 3.04. The number of carbonyl (C=O) groups excluding carboxylic acids is 3. The van der Waals surface area contributed by atoms with E-state index in [1.54, 1.807) is 48.5 Å². The second kappa shape index (κ2) is 8.60. The highest BCUT2D eigenvalue weighted by molar-refractivity contribution is 6.41. The number of hydrogen-bond donors (Lipinski definition) is 2. The quantitative estimate of drug-likeness (QED) is 0.378. The smallest absolute Gasteiger partial charge is 0.337 e. The van der Waals surface area contributed by atoms with E-state index in [2.05, 4.69) is 20.6 Å². The minimum Gasteiger partial charge on any atom is -0.465 e. The topological polar surface area (TPSA) is 96.9 Å². The lowest BCUT2D eigenvalue weighted by Gasteiger charge is -2.05. The van der Waals surface area contributed by atoms with Crippen LogP contribution in [0.25, 0.3) is 0 Å². The molecule has 2 N–H and O–H groups in total. The van der Waals surface area contributed by atoms with Crippen LogP contribution in [0.15, 0.2) is 53.6 Å². The predicted molar refractivity (Wildman–Crippen MR) is 93.6 cm³/mol. The number of para-hydroxylation sites is 1. The summed E-state index contributed by atoms with van der Waals surface area (Å²) in [6.45, 7) is 0. The summed E-state index contributed by atoms with van der Waals surface area (Å²) in [4.78, 5) is 34.8. The molecule has 2 amide bonds. The number of methoxy groups -OCH3 is 1. The number of nitrogens with one attached hydrogen (secondary N) is 2. The molecule has 0 radical (unpaired) electrons. The number of halogens is 1. The molecule has 0 unspecified atom stereocenters. The van der Waals surface area contributed by atoms with Crippen molar-refractivity contribution in [1.82, 2.24) is 5.43 Å². The maximum Gasteiger partial charge on any atom is 0.337 e. The standard InChI is InChI=1S/C17H14ClN3O4/c1-25-17(24)12-8-6-11(7-9-12)10-19-21-16(23)15(22)20-14-5-3-2-4-13(14)18/h2-10H,1H3,(H,20,22)(H,21,23)/b19-10+. The molecule has 0 atom stereocenters. The fraction of sp³-hybridized carbons (Fsp3) is 0.0588. The SMILES string of the molecule is COC(=O)c1ccc(/C=N/NC(=O)C(=O)Nc2ccccc2Cl)cc1. The zero-order chi connectivity index (χ0) is 18.2. The van der Waals surface area contributed by atoms with Gasteiger partial charge in [-0.3, -0.25) is 9.59 Å². The largest absolute Gasteiger partial charge is 0.465 e. The molecule has 0 saturated carbocycles. The Morgan fingerprint density at radius 3 is 2.36 bits per heavy atom. The Labute approximate surface area is 148 Å². The minimum absolute atomic E-state index is 0.317. The van der Waals surface area contributed by atoms with Crippen molar-refractivity contribution in [3.8, 4) is 0 Å². The van der Waals surface area contributed by atoms with E-state index in [0.717, 1.165) is 0 Å². The fourth-order valence-corrected chi connectivity index (χ4v) is 1.96. The van der Waals surface area contributed by atoms with E-state index in [1.807, 2.05) is 0 Å². The van der Waals surface area contributed by atoms with E-state index in [-0.39, 0.29) is 0 Å². The number of amides is 2. The first-order valence-corrected chi connectivity index (χ1v) is 7.46. The van der Waals surface area contributed by atoms with Gasteiger partial charge in [0.25, 0.3) is 0 Å². The van der Waals surface area contributed by atoms with Gasteiger partial charge in [-0.25, -0.2) is 10.2 Å². The van der Waals surface area contributed by atoms with Crippen molar-refractivity contribution in [1.29, 1.82) is 0 Å². The van der Waals surface area contributed by atoms with E-state index in [9.17, 15) is 14.4 Å². The van der Waals surface area contributed by atoms with Crippen LogP contribution in [0.4, 0.5) is 5.69 Å². The number of hydrogen-bond acceptors (Lipinski definition) is 5. The minimum atomic E-state index is -0.942. The van der Waals surface area contributed by atoms with E-state index >= 15 is 0 Å². The number of rotatable bonds is 4. The molecule has 0 aliphatic carbocycles. The predicted octanol–water partition coefficient (Wildman–Crippen LogP) is 2.22. The molecule has 2 aromatic carbocycles. The summed E-state index contributed by atoms with van der Waals surface area (Å²) in [7, 11) is 1.29. The first-order valence-electron chi connectivity index (χ1n) is 7.08. The van der Waals surface area contributed by atoms with Gasteiger partial charge in [-0.1, -0.05) is 35.9 Å². The van der Waals surface area contributed by atoms with Gasteiger partial charge in [0, 0.05) is 0 Å². The summed E-state index contributed by atoms with van der Waals surface area (Å²) in [5, 5.41) is 6.38. The summed E-state index contributed by atoms with van der Waals surface area (Å²) in [5.74, 6) is -2.29. The normalized spacial score (nSPS) is 10.3. The van der Waals surface area contributed by atoms with Gasteiger partial charge < -0.3 is 10.1 Å². The van der Waals surface area contributed by atoms with Crippen LogP contribution in [0, 0.1) is 0 Å². The lowest BCUT2D eigenvalue weighted by atomic mass is 10.1. The molecule has 25 heavy (non-hydrogen) atoms. The molecular weight excluding hydrogens is 346 g/mol. The molecule has 0 heterocycles. The number of anilines is 1. The highest BCUT2D eigenvalue weighted by Crippen LogP contribution is 2.20. The molecule has 0 aliphatic rings. The Morgan fingerprint density at radius 1 is 1.04 bits per heavy atom. The van der Waals surface area contributed by atoms with E-state index in [0.29, 0.717) is 21.8 Å². The molecule has 2 aromatic rings. The fourth-order valence-electron chi connectivity index (χ4n) is 1.78. The van der Waals surface area contributed by atoms with Crippen molar-refractivity contribution >= 4 is 41.3 Å². The summed E-state index contributed by atoms with van der Waals surface area (Å²) < 4.78 is 4.59. The molecule has 2 rings (SSSR count). The molecule has 7 nitrogen and oxygen atoms in total. The molecule has 128 valence electrons. The maximum absolute atomic E-state index is 11.8. The van der Waals surface area contributed by atoms with Gasteiger partial charge in [0.1, 0.15) is 0 Å². The van der Waals surface area contributed by atoms with Crippen molar-refractivity contribution in [2.24, 2.45) is 5.10 Å². The van der Waals surface area contributed by atoms with Crippen LogP contribution in [0.3, 0.4) is 0 Å². The summed E-state index contributed by atoms with van der Waals surface area (Å²) in [5.41, 5.74) is 3.44. The Balaban J connectivity index is 1.90. The van der Waals surface area contributed by atoms with Crippen molar-refractivity contribution in [2.45, 2.75) is 0 Å². The summed E-state index contributed by atoms with van der Waals surface area (Å²) >= 11 is 5.89. The number of hydrazone groups is 1. The number of ether oxygens (including phenoxy) is 1. The van der Waals surface area contributed by atoms with Gasteiger partial charge in [-0.15, -0.1) is 0 Å². The van der Waals surface area contributed by atoms with Crippen LogP contribution in [0.5, 0.6) is 0 Å². The van der Waals surface area contributed by atoms with Crippen LogP contribution in [-0.2, 0) is 14.3 Å². The molecule has 0 fully saturated rings. The lowest BCUT2D eigenvalue weighted by Crippen LogP contribution is -2.32. The Bertz CT molecular complexity index is 819. The first-order chi connectivity index (χ1) is 12.0. The van der Waals surface area contributed by atoms with Crippen LogP contribution >= 0.6 is 11.6 Å². The molecule has 0 bridgehead atoms. The van der Waals surface area contributed by atoms with Crippen LogP contribution in [0.2, 0.25) is 5.02 Å². The Kier molecular flexibility index (Phi) is 6.25. The van der Waals surface area contributed by atoms with Gasteiger partial charge in [-0.2, -0.15) is 5.10 Å². The van der Waals surface area contributed by atoms with Crippen molar-refractivity contribution in [2.75, 3.05) is 12.4 Å². The van der Waals surface area contributed by atoms with E-state index in [1.165, 1.54) is 13.3 Å². The van der Waals surface area contributed by atoms with Gasteiger partial charge in [0.05, 0.1) is 29.6 Å². The molecule has 8 heteroatoms. The Hall–Kier alpha value is -3.19. The highest BCUT2D eigenvalue weighted by Gasteiger charge is 2.14. The molecular formula is C17H14ClN3O4. The van der Waals surface area contributed by atoms with E-state index < -0.39 is 17.8 Å². The van der Waals surface area contributed by atoms with Crippen molar-refractivity contribution in [3.05, 3.63) is 64.7 Å². The zero-order valence-corrected chi connectivity index (χ0v) is 13.9. The van der Waals surface area contributed by atoms with Gasteiger partial charge in [-0.05, 0) is 29.8 Å². The van der Waals surface area contributed by atoms with Gasteiger partial charge in [0.15, 0.2) is 0 Å². The highest BCUT2D eigenvalue weighted by atomic mass is 35.5. The second-order valence-electron chi connectivity index (χ2n) is 4.75. The third kappa shape index (κ3) is 5.15. The summed E-state index contributed by atoms with van der Waals surface area (Å²) in [6.07, 6.45) is 1.34. The molecule has 0 aliphatic heterocycles. The molecule has 0 spiro atoms. The monoisotopic (exact) mass is 359 g/mol. The average Bonchev–Trinajstić information content (AvgIpc) is 2.63. The van der Waals surface area contributed by atoms with Crippen molar-refractivity contribution in [3.63, 3.8) is 0 Å². The average molecular weight is 360 g/mol. The third-order valence-corrected chi connectivity index (χ3v) is 3.37. The number of esters is 1.